The molecule has 1 heterocycles. The molecule has 1 saturated heterocycles. The lowest BCUT2D eigenvalue weighted by Gasteiger charge is -2.44. The Hall–Kier alpha value is -1.42. The SMILES string of the molecule is CN(C(=O)C12CC3C[C@](c4ccccc4)(C1)C[C@@]2(CF)C3)C1CCNCC1. The van der Waals surface area contributed by atoms with Crippen molar-refractivity contribution >= 4 is 5.91 Å². The number of hydrogen-bond acceptors (Lipinski definition) is 2. The fourth-order valence-corrected chi connectivity index (χ4v) is 7.59. The second-order valence-corrected chi connectivity index (χ2v) is 9.87. The zero-order chi connectivity index (χ0) is 18.7. The number of amides is 1. The molecule has 4 aliphatic carbocycles. The van der Waals surface area contributed by atoms with Crippen LogP contribution in [-0.2, 0) is 10.2 Å². The lowest BCUT2D eigenvalue weighted by Crippen LogP contribution is -2.53. The third-order valence-corrected chi connectivity index (χ3v) is 8.56. The predicted molar refractivity (Wildman–Crippen MR) is 104 cm³/mol. The van der Waals surface area contributed by atoms with Crippen LogP contribution in [0.3, 0.4) is 0 Å². The Morgan fingerprint density at radius 3 is 2.59 bits per heavy atom. The molecule has 4 bridgehead atoms. The summed E-state index contributed by atoms with van der Waals surface area (Å²) in [5, 5.41) is 3.39. The predicted octanol–water partition coefficient (Wildman–Crippen LogP) is 3.68. The number of nitrogens with one attached hydrogen (secondary N) is 1. The Morgan fingerprint density at radius 2 is 1.89 bits per heavy atom. The Bertz CT molecular complexity index is 733. The molecule has 27 heavy (non-hydrogen) atoms. The summed E-state index contributed by atoms with van der Waals surface area (Å²) >= 11 is 0. The number of carbonyl (C=O) groups excluding carboxylic acids is 1. The Labute approximate surface area is 161 Å². The maximum Gasteiger partial charge on any atom is 0.229 e. The van der Waals surface area contributed by atoms with Crippen LogP contribution in [0.2, 0.25) is 0 Å². The molecule has 0 aromatic heterocycles. The number of alkyl halides is 1. The molecule has 4 heteroatoms. The van der Waals surface area contributed by atoms with Crippen LogP contribution < -0.4 is 5.32 Å². The number of piperidine rings is 1. The van der Waals surface area contributed by atoms with E-state index in [1.807, 2.05) is 18.0 Å². The number of rotatable bonds is 4. The lowest BCUT2D eigenvalue weighted by molar-refractivity contribution is -0.149. The minimum absolute atomic E-state index is 0.000856. The van der Waals surface area contributed by atoms with Gasteiger partial charge in [-0.25, -0.2) is 0 Å². The molecule has 146 valence electrons. The van der Waals surface area contributed by atoms with Gasteiger partial charge in [-0.3, -0.25) is 9.18 Å². The molecular weight excluding hydrogens is 339 g/mol. The number of nitrogens with zero attached hydrogens (tertiary/aromatic N) is 1. The van der Waals surface area contributed by atoms with Crippen LogP contribution in [0.15, 0.2) is 30.3 Å². The summed E-state index contributed by atoms with van der Waals surface area (Å²) < 4.78 is 14.7. The quantitative estimate of drug-likeness (QED) is 0.877. The van der Waals surface area contributed by atoms with Gasteiger partial charge in [-0.2, -0.15) is 0 Å². The molecule has 5 fully saturated rings. The van der Waals surface area contributed by atoms with Crippen molar-refractivity contribution in [3.8, 4) is 0 Å². The highest BCUT2D eigenvalue weighted by molar-refractivity contribution is 5.86. The van der Waals surface area contributed by atoms with E-state index in [9.17, 15) is 9.18 Å². The van der Waals surface area contributed by atoms with Crippen molar-refractivity contribution in [1.29, 1.82) is 0 Å². The second-order valence-electron chi connectivity index (χ2n) is 9.87. The van der Waals surface area contributed by atoms with E-state index in [0.29, 0.717) is 12.0 Å². The zero-order valence-electron chi connectivity index (χ0n) is 16.3. The van der Waals surface area contributed by atoms with Crippen LogP contribution in [0.5, 0.6) is 0 Å². The lowest BCUT2D eigenvalue weighted by atomic mass is 9.63. The van der Waals surface area contributed by atoms with Crippen molar-refractivity contribution in [3.63, 3.8) is 0 Å². The first-order chi connectivity index (χ1) is 13.0. The minimum atomic E-state index is -0.486. The van der Waals surface area contributed by atoms with Gasteiger partial charge in [0.1, 0.15) is 0 Å². The highest BCUT2D eigenvalue weighted by Crippen LogP contribution is 2.77. The van der Waals surface area contributed by atoms with Gasteiger partial charge in [-0.15, -0.1) is 0 Å². The highest BCUT2D eigenvalue weighted by atomic mass is 19.1. The summed E-state index contributed by atoms with van der Waals surface area (Å²) in [5.74, 6) is 0.737. The van der Waals surface area contributed by atoms with Crippen molar-refractivity contribution < 1.29 is 9.18 Å². The maximum atomic E-state index is 14.7. The smallest absolute Gasteiger partial charge is 0.229 e. The molecular formula is C23H31FN2O. The molecule has 6 rings (SSSR count). The average Bonchev–Trinajstić information content (AvgIpc) is 3.08. The molecule has 1 N–H and O–H groups in total. The Kier molecular flexibility index (Phi) is 3.95. The van der Waals surface area contributed by atoms with Gasteiger partial charge in [0.25, 0.3) is 0 Å². The highest BCUT2D eigenvalue weighted by Gasteiger charge is 2.75. The molecule has 5 aliphatic rings. The summed E-state index contributed by atoms with van der Waals surface area (Å²) in [7, 11) is 1.98. The van der Waals surface area contributed by atoms with E-state index in [1.54, 1.807) is 0 Å². The third kappa shape index (κ3) is 2.31. The minimum Gasteiger partial charge on any atom is -0.342 e. The largest absolute Gasteiger partial charge is 0.342 e. The van der Waals surface area contributed by atoms with E-state index in [1.165, 1.54) is 5.56 Å². The first-order valence-electron chi connectivity index (χ1n) is 10.6. The Balaban J connectivity index is 1.52. The van der Waals surface area contributed by atoms with Crippen LogP contribution in [0, 0.1) is 16.7 Å². The average molecular weight is 371 g/mol. The fraction of sp³-hybridized carbons (Fsp3) is 0.696. The van der Waals surface area contributed by atoms with Gasteiger partial charge in [0.15, 0.2) is 0 Å². The molecule has 0 spiro atoms. The van der Waals surface area contributed by atoms with Crippen molar-refractivity contribution in [1.82, 2.24) is 10.2 Å². The molecule has 1 aromatic rings. The van der Waals surface area contributed by atoms with Gasteiger partial charge in [-0.1, -0.05) is 30.3 Å². The number of carbonyl (C=O) groups is 1. The standard InChI is InChI=1S/C23H31FN2O/c1-26(19-7-9-25-10-8-19)20(27)23-13-17-11-21(15-23,14-22(23,12-17)16-24)18-5-3-2-4-6-18/h2-6,17,19,25H,7-16H2,1H3/t17?,21-,22-,23?/m1/s1. The summed E-state index contributed by atoms with van der Waals surface area (Å²) in [5.41, 5.74) is 0.398. The van der Waals surface area contributed by atoms with E-state index in [4.69, 9.17) is 0 Å². The van der Waals surface area contributed by atoms with Crippen LogP contribution >= 0.6 is 0 Å². The van der Waals surface area contributed by atoms with Crippen LogP contribution in [0.1, 0.15) is 50.5 Å². The maximum absolute atomic E-state index is 14.7. The first-order valence-corrected chi connectivity index (χ1v) is 10.6. The Morgan fingerprint density at radius 1 is 1.15 bits per heavy atom. The summed E-state index contributed by atoms with van der Waals surface area (Å²) in [6.45, 7) is 1.60. The summed E-state index contributed by atoms with van der Waals surface area (Å²) in [4.78, 5) is 15.9. The monoisotopic (exact) mass is 370 g/mol. The number of benzene rings is 1. The molecule has 1 aromatic carbocycles. The van der Waals surface area contributed by atoms with Crippen LogP contribution in [-0.4, -0.2) is 43.7 Å². The van der Waals surface area contributed by atoms with E-state index in [2.05, 4.69) is 29.6 Å². The molecule has 1 amide bonds. The van der Waals surface area contributed by atoms with Crippen molar-refractivity contribution in [2.24, 2.45) is 16.7 Å². The first kappa shape index (κ1) is 17.7. The van der Waals surface area contributed by atoms with Gasteiger partial charge in [0, 0.05) is 18.5 Å². The summed E-state index contributed by atoms with van der Waals surface area (Å²) in [6, 6.07) is 10.9. The molecule has 4 saturated carbocycles. The van der Waals surface area contributed by atoms with Crippen molar-refractivity contribution in [2.75, 3.05) is 26.8 Å². The van der Waals surface area contributed by atoms with E-state index in [0.717, 1.165) is 58.0 Å². The second kappa shape index (κ2) is 6.04. The molecule has 3 nitrogen and oxygen atoms in total. The van der Waals surface area contributed by atoms with Gasteiger partial charge < -0.3 is 10.2 Å². The van der Waals surface area contributed by atoms with Gasteiger partial charge in [0.05, 0.1) is 12.1 Å². The van der Waals surface area contributed by atoms with Crippen molar-refractivity contribution in [2.45, 2.75) is 56.4 Å². The third-order valence-electron chi connectivity index (χ3n) is 8.56. The van der Waals surface area contributed by atoms with E-state index >= 15 is 0 Å². The molecule has 0 radical (unpaired) electrons. The molecule has 4 atom stereocenters. The fourth-order valence-electron chi connectivity index (χ4n) is 7.59. The van der Waals surface area contributed by atoms with Crippen molar-refractivity contribution in [3.05, 3.63) is 35.9 Å². The molecule has 1 aliphatic heterocycles. The van der Waals surface area contributed by atoms with Crippen LogP contribution in [0.4, 0.5) is 4.39 Å². The normalized spacial score (nSPS) is 40.4. The van der Waals surface area contributed by atoms with E-state index in [-0.39, 0.29) is 18.0 Å². The van der Waals surface area contributed by atoms with E-state index < -0.39 is 10.8 Å². The van der Waals surface area contributed by atoms with Crippen LogP contribution in [0.25, 0.3) is 0 Å². The topological polar surface area (TPSA) is 32.3 Å². The summed E-state index contributed by atoms with van der Waals surface area (Å²) in [6.07, 6.45) is 6.65. The van der Waals surface area contributed by atoms with Gasteiger partial charge in [-0.05, 0) is 74.9 Å². The van der Waals surface area contributed by atoms with Gasteiger partial charge >= 0.3 is 0 Å². The number of halogens is 1. The molecule has 2 unspecified atom stereocenters. The number of hydrogen-bond donors (Lipinski definition) is 1. The zero-order valence-corrected chi connectivity index (χ0v) is 16.3. The van der Waals surface area contributed by atoms with Gasteiger partial charge in [0.2, 0.25) is 5.91 Å².